The van der Waals surface area contributed by atoms with Crippen LogP contribution in [0, 0.1) is 0 Å². The van der Waals surface area contributed by atoms with Crippen molar-refractivity contribution < 1.29 is 23.8 Å². The molecule has 0 fully saturated rings. The fourth-order valence-electron chi connectivity index (χ4n) is 4.25. The fraction of sp³-hybridized carbons (Fsp3) is 0.185. The number of aromatic amines is 1. The van der Waals surface area contributed by atoms with E-state index in [1.807, 2.05) is 42.5 Å². The number of hydrogen-bond acceptors (Lipinski definition) is 5. The Labute approximate surface area is 196 Å². The number of para-hydroxylation sites is 1. The van der Waals surface area contributed by atoms with E-state index in [0.717, 1.165) is 33.5 Å². The molecule has 3 aromatic carbocycles. The van der Waals surface area contributed by atoms with Crippen molar-refractivity contribution in [2.45, 2.75) is 19.8 Å². The van der Waals surface area contributed by atoms with Crippen molar-refractivity contribution in [3.63, 3.8) is 0 Å². The third-order valence-corrected chi connectivity index (χ3v) is 5.96. The molecule has 1 aliphatic heterocycles. The van der Waals surface area contributed by atoms with Crippen LogP contribution in [0.25, 0.3) is 22.2 Å². The number of carbonyl (C=O) groups excluding carboxylic acids is 2. The zero-order valence-electron chi connectivity index (χ0n) is 18.9. The highest BCUT2D eigenvalue weighted by molar-refractivity contribution is 6.04. The summed E-state index contributed by atoms with van der Waals surface area (Å²) in [6.07, 6.45) is 0.772. The minimum absolute atomic E-state index is 0.0960. The van der Waals surface area contributed by atoms with Crippen LogP contribution in [0.2, 0.25) is 0 Å². The van der Waals surface area contributed by atoms with Gasteiger partial charge in [-0.25, -0.2) is 0 Å². The number of ether oxygens (including phenoxy) is 3. The molecule has 0 aliphatic carbocycles. The van der Waals surface area contributed by atoms with Gasteiger partial charge in [0, 0.05) is 34.6 Å². The minimum Gasteiger partial charge on any atom is -0.497 e. The topological polar surface area (TPSA) is 89.7 Å². The number of aromatic nitrogens is 1. The highest BCUT2D eigenvalue weighted by Gasteiger charge is 2.21. The van der Waals surface area contributed by atoms with Crippen molar-refractivity contribution in [2.24, 2.45) is 0 Å². The van der Waals surface area contributed by atoms with E-state index >= 15 is 0 Å². The van der Waals surface area contributed by atoms with Crippen molar-refractivity contribution in [3.8, 4) is 28.5 Å². The Morgan fingerprint density at radius 1 is 1.03 bits per heavy atom. The number of hydrogen-bond donors (Lipinski definition) is 2. The Balaban J connectivity index is 1.40. The Kier molecular flexibility index (Phi) is 5.67. The van der Waals surface area contributed by atoms with Gasteiger partial charge in [0.1, 0.15) is 5.75 Å². The maximum atomic E-state index is 12.9. The van der Waals surface area contributed by atoms with E-state index in [0.29, 0.717) is 29.2 Å². The number of carbonyl (C=O) groups is 2. The molecule has 2 heterocycles. The first kappa shape index (κ1) is 21.6. The van der Waals surface area contributed by atoms with E-state index < -0.39 is 0 Å². The van der Waals surface area contributed by atoms with Crippen molar-refractivity contribution in [2.75, 3.05) is 19.2 Å². The van der Waals surface area contributed by atoms with Gasteiger partial charge in [0.05, 0.1) is 12.8 Å². The van der Waals surface area contributed by atoms with E-state index in [-0.39, 0.29) is 24.9 Å². The first-order valence-electron chi connectivity index (χ1n) is 11.0. The smallest absolute Gasteiger partial charge is 0.231 e. The highest BCUT2D eigenvalue weighted by atomic mass is 16.7. The van der Waals surface area contributed by atoms with Gasteiger partial charge >= 0.3 is 0 Å². The van der Waals surface area contributed by atoms with Crippen LogP contribution in [0.4, 0.5) is 5.69 Å². The van der Waals surface area contributed by atoms with Crippen LogP contribution in [-0.2, 0) is 11.2 Å². The lowest BCUT2D eigenvalue weighted by Crippen LogP contribution is -2.15. The number of H-pyrrole nitrogens is 1. The van der Waals surface area contributed by atoms with Crippen LogP contribution < -0.4 is 19.5 Å². The zero-order chi connectivity index (χ0) is 23.7. The Bertz CT molecular complexity index is 1390. The Morgan fingerprint density at radius 2 is 1.76 bits per heavy atom. The minimum atomic E-state index is -0.188. The molecule has 0 radical (unpaired) electrons. The zero-order valence-corrected chi connectivity index (χ0v) is 18.9. The molecular formula is C27H24N2O5. The summed E-state index contributed by atoms with van der Waals surface area (Å²) in [5, 5.41) is 3.96. The summed E-state index contributed by atoms with van der Waals surface area (Å²) in [7, 11) is 1.64. The van der Waals surface area contributed by atoms with Crippen molar-refractivity contribution in [1.29, 1.82) is 0 Å². The number of methoxy groups -OCH3 is 1. The van der Waals surface area contributed by atoms with Gasteiger partial charge in [-0.05, 0) is 60.9 Å². The lowest BCUT2D eigenvalue weighted by molar-refractivity contribution is -0.116. The number of amides is 1. The summed E-state index contributed by atoms with van der Waals surface area (Å²) in [5.41, 5.74) is 4.89. The third kappa shape index (κ3) is 4.08. The molecule has 2 N–H and O–H groups in total. The van der Waals surface area contributed by atoms with E-state index in [1.165, 1.54) is 6.92 Å². The molecule has 34 heavy (non-hydrogen) atoms. The average molecular weight is 456 g/mol. The number of anilines is 1. The average Bonchev–Trinajstić information content (AvgIpc) is 3.46. The molecule has 0 spiro atoms. The van der Waals surface area contributed by atoms with Crippen LogP contribution in [0.15, 0.2) is 60.7 Å². The van der Waals surface area contributed by atoms with Gasteiger partial charge < -0.3 is 24.5 Å². The molecule has 7 heteroatoms. The third-order valence-electron chi connectivity index (χ3n) is 5.96. The molecule has 4 aromatic rings. The first-order chi connectivity index (χ1) is 16.5. The van der Waals surface area contributed by atoms with Gasteiger partial charge in [-0.15, -0.1) is 0 Å². The van der Waals surface area contributed by atoms with Crippen LogP contribution in [0.1, 0.15) is 29.3 Å². The molecule has 1 aliphatic rings. The number of benzene rings is 3. The summed E-state index contributed by atoms with van der Waals surface area (Å²) < 4.78 is 16.0. The molecule has 0 saturated heterocycles. The number of rotatable bonds is 7. The summed E-state index contributed by atoms with van der Waals surface area (Å²) in [4.78, 5) is 28.6. The lowest BCUT2D eigenvalue weighted by Gasteiger charge is -2.11. The molecule has 172 valence electrons. The summed E-state index contributed by atoms with van der Waals surface area (Å²) in [6.45, 7) is 1.55. The Morgan fingerprint density at radius 3 is 2.50 bits per heavy atom. The second-order valence-corrected chi connectivity index (χ2v) is 8.11. The van der Waals surface area contributed by atoms with Crippen molar-refractivity contribution in [1.82, 2.24) is 4.98 Å². The molecule has 1 amide bonds. The predicted molar refractivity (Wildman–Crippen MR) is 130 cm³/mol. The van der Waals surface area contributed by atoms with Gasteiger partial charge in [-0.3, -0.25) is 9.59 Å². The first-order valence-corrected chi connectivity index (χ1v) is 11.0. The van der Waals surface area contributed by atoms with Crippen LogP contribution in [0.3, 0.4) is 0 Å². The predicted octanol–water partition coefficient (Wildman–Crippen LogP) is 5.35. The molecule has 1 aromatic heterocycles. The fourth-order valence-corrected chi connectivity index (χ4v) is 4.25. The highest BCUT2D eigenvalue weighted by Crippen LogP contribution is 2.37. The number of fused-ring (bicyclic) bond motifs is 2. The maximum Gasteiger partial charge on any atom is 0.231 e. The number of aryl methyl sites for hydroxylation is 1. The summed E-state index contributed by atoms with van der Waals surface area (Å²) >= 11 is 0. The number of Topliss-reactive ketones (excluding diaryl/α,β-unsaturated/α-hetero) is 1. The number of nitrogens with one attached hydrogen (secondary N) is 2. The van der Waals surface area contributed by atoms with E-state index in [1.54, 1.807) is 19.2 Å². The van der Waals surface area contributed by atoms with Gasteiger partial charge in [-0.2, -0.15) is 0 Å². The van der Waals surface area contributed by atoms with E-state index in [4.69, 9.17) is 14.2 Å². The van der Waals surface area contributed by atoms with Crippen LogP contribution in [-0.4, -0.2) is 30.6 Å². The summed E-state index contributed by atoms with van der Waals surface area (Å²) in [5.74, 6) is 1.45. The van der Waals surface area contributed by atoms with Crippen molar-refractivity contribution >= 4 is 28.3 Å². The largest absolute Gasteiger partial charge is 0.497 e. The molecule has 7 nitrogen and oxygen atoms in total. The van der Waals surface area contributed by atoms with Crippen LogP contribution in [0.5, 0.6) is 17.2 Å². The normalized spacial score (nSPS) is 12.1. The summed E-state index contributed by atoms with van der Waals surface area (Å²) in [6, 6.07) is 19.1. The molecule has 0 unspecified atom stereocenters. The van der Waals surface area contributed by atoms with E-state index in [2.05, 4.69) is 16.4 Å². The molecular weight excluding hydrogens is 432 g/mol. The van der Waals surface area contributed by atoms with Gasteiger partial charge in [0.15, 0.2) is 17.3 Å². The SMILES string of the molecule is COc1ccc(-c2[nH]c3ccccc3c2CCC(=O)Nc2cc3c(cc2C(C)=O)OCO3)cc1. The lowest BCUT2D eigenvalue weighted by atomic mass is 10.0. The second kappa shape index (κ2) is 8.94. The van der Waals surface area contributed by atoms with Gasteiger partial charge in [0.25, 0.3) is 0 Å². The molecule has 5 rings (SSSR count). The second-order valence-electron chi connectivity index (χ2n) is 8.11. The van der Waals surface area contributed by atoms with Gasteiger partial charge in [-0.1, -0.05) is 18.2 Å². The monoisotopic (exact) mass is 456 g/mol. The van der Waals surface area contributed by atoms with E-state index in [9.17, 15) is 9.59 Å². The Hall–Kier alpha value is -4.26. The van der Waals surface area contributed by atoms with Gasteiger partial charge in [0.2, 0.25) is 12.7 Å². The standard InChI is InChI=1S/C27H24N2O5/c1-16(30)21-13-24-25(34-15-33-24)14-23(21)28-26(31)12-11-20-19-5-3-4-6-22(19)29-27(20)17-7-9-18(32-2)10-8-17/h3-10,13-14,29H,11-12,15H2,1-2H3,(H,28,31). The quantitative estimate of drug-likeness (QED) is 0.366. The maximum absolute atomic E-state index is 12.9. The van der Waals surface area contributed by atoms with Crippen LogP contribution >= 0.6 is 0 Å². The number of ketones is 1. The molecule has 0 atom stereocenters. The molecule has 0 saturated carbocycles. The molecule has 0 bridgehead atoms. The van der Waals surface area contributed by atoms with Crippen molar-refractivity contribution in [3.05, 3.63) is 71.8 Å².